The lowest BCUT2D eigenvalue weighted by molar-refractivity contribution is 0.409. The number of halogens is 2. The average Bonchev–Trinajstić information content (AvgIpc) is 2.09. The quantitative estimate of drug-likeness (QED) is 0.839. The van der Waals surface area contributed by atoms with Crippen molar-refractivity contribution in [1.82, 2.24) is 0 Å². The van der Waals surface area contributed by atoms with Crippen LogP contribution < -0.4 is 10.5 Å². The zero-order chi connectivity index (χ0) is 9.14. The Bertz CT molecular complexity index is 291. The van der Waals surface area contributed by atoms with Crippen LogP contribution in [0.5, 0.6) is 5.75 Å². The number of ether oxygens (including phenoxy) is 1. The SMILES string of the molecule is COc1ccc(Br)c(I)c1CN. The minimum atomic E-state index is 0.501. The van der Waals surface area contributed by atoms with Crippen LogP contribution in [0.3, 0.4) is 0 Å². The Kier molecular flexibility index (Phi) is 3.79. The first-order valence-corrected chi connectivity index (χ1v) is 5.28. The molecule has 0 unspecified atom stereocenters. The summed E-state index contributed by atoms with van der Waals surface area (Å²) in [6.45, 7) is 0.501. The number of rotatable bonds is 2. The number of hydrogen-bond acceptors (Lipinski definition) is 2. The van der Waals surface area contributed by atoms with Crippen molar-refractivity contribution < 1.29 is 4.74 Å². The Morgan fingerprint density at radius 3 is 2.75 bits per heavy atom. The van der Waals surface area contributed by atoms with Crippen molar-refractivity contribution in [2.45, 2.75) is 6.54 Å². The lowest BCUT2D eigenvalue weighted by Crippen LogP contribution is -2.02. The molecular weight excluding hydrogens is 333 g/mol. The Balaban J connectivity index is 3.25. The van der Waals surface area contributed by atoms with E-state index in [4.69, 9.17) is 10.5 Å². The van der Waals surface area contributed by atoms with E-state index in [-0.39, 0.29) is 0 Å². The smallest absolute Gasteiger partial charge is 0.124 e. The van der Waals surface area contributed by atoms with E-state index >= 15 is 0 Å². The lowest BCUT2D eigenvalue weighted by Gasteiger charge is -2.09. The molecule has 1 rings (SSSR count). The second-order valence-electron chi connectivity index (χ2n) is 2.25. The molecule has 0 bridgehead atoms. The predicted octanol–water partition coefficient (Wildman–Crippen LogP) is 2.52. The highest BCUT2D eigenvalue weighted by atomic mass is 127. The summed E-state index contributed by atoms with van der Waals surface area (Å²) < 4.78 is 7.35. The first-order valence-electron chi connectivity index (χ1n) is 3.41. The summed E-state index contributed by atoms with van der Waals surface area (Å²) >= 11 is 5.68. The zero-order valence-corrected chi connectivity index (χ0v) is 10.3. The highest BCUT2D eigenvalue weighted by Crippen LogP contribution is 2.29. The van der Waals surface area contributed by atoms with Gasteiger partial charge in [0.05, 0.1) is 7.11 Å². The largest absolute Gasteiger partial charge is 0.496 e. The van der Waals surface area contributed by atoms with Gasteiger partial charge >= 0.3 is 0 Å². The maximum absolute atomic E-state index is 5.59. The van der Waals surface area contributed by atoms with Crippen molar-refractivity contribution in [2.75, 3.05) is 7.11 Å². The Morgan fingerprint density at radius 2 is 2.25 bits per heavy atom. The van der Waals surface area contributed by atoms with Gasteiger partial charge < -0.3 is 10.5 Å². The van der Waals surface area contributed by atoms with Gasteiger partial charge in [-0.1, -0.05) is 0 Å². The third-order valence-electron chi connectivity index (χ3n) is 1.58. The number of methoxy groups -OCH3 is 1. The van der Waals surface area contributed by atoms with Crippen molar-refractivity contribution in [1.29, 1.82) is 0 Å². The van der Waals surface area contributed by atoms with E-state index in [1.807, 2.05) is 12.1 Å². The molecule has 2 N–H and O–H groups in total. The summed E-state index contributed by atoms with van der Waals surface area (Å²) in [7, 11) is 1.65. The fraction of sp³-hybridized carbons (Fsp3) is 0.250. The van der Waals surface area contributed by atoms with Gasteiger partial charge in [0.15, 0.2) is 0 Å². The molecule has 0 saturated carbocycles. The predicted molar refractivity (Wildman–Crippen MR) is 61.3 cm³/mol. The molecule has 12 heavy (non-hydrogen) atoms. The third-order valence-corrected chi connectivity index (χ3v) is 4.21. The fourth-order valence-electron chi connectivity index (χ4n) is 0.956. The topological polar surface area (TPSA) is 35.2 Å². The summed E-state index contributed by atoms with van der Waals surface area (Å²) in [5.74, 6) is 0.852. The lowest BCUT2D eigenvalue weighted by atomic mass is 10.2. The first kappa shape index (κ1) is 10.3. The van der Waals surface area contributed by atoms with Gasteiger partial charge in [0.1, 0.15) is 5.75 Å². The molecule has 0 fully saturated rings. The molecule has 0 heterocycles. The van der Waals surface area contributed by atoms with Gasteiger partial charge in [-0.05, 0) is 50.7 Å². The van der Waals surface area contributed by atoms with Gasteiger partial charge in [-0.3, -0.25) is 0 Å². The van der Waals surface area contributed by atoms with Crippen LogP contribution in [0.25, 0.3) is 0 Å². The monoisotopic (exact) mass is 341 g/mol. The standard InChI is InChI=1S/C8H9BrINO/c1-12-7-3-2-6(9)8(10)5(7)4-11/h2-3H,4,11H2,1H3. The first-order chi connectivity index (χ1) is 5.70. The normalized spacial score (nSPS) is 10.0. The molecule has 0 aromatic heterocycles. The average molecular weight is 342 g/mol. The van der Waals surface area contributed by atoms with Gasteiger partial charge in [-0.25, -0.2) is 0 Å². The summed E-state index contributed by atoms with van der Waals surface area (Å²) in [5.41, 5.74) is 6.64. The Labute approximate surface area is 93.7 Å². The molecule has 0 aliphatic rings. The number of benzene rings is 1. The molecule has 1 aromatic rings. The molecule has 1 aromatic carbocycles. The molecule has 0 radical (unpaired) electrons. The third kappa shape index (κ3) is 1.92. The Hall–Kier alpha value is 0.190. The van der Waals surface area contributed by atoms with Crippen molar-refractivity contribution in [3.8, 4) is 5.75 Å². The maximum Gasteiger partial charge on any atom is 0.124 e. The fourth-order valence-corrected chi connectivity index (χ4v) is 1.99. The number of hydrogen-bond donors (Lipinski definition) is 1. The van der Waals surface area contributed by atoms with Gasteiger partial charge in [0.25, 0.3) is 0 Å². The van der Waals surface area contributed by atoms with E-state index in [0.717, 1.165) is 19.4 Å². The summed E-state index contributed by atoms with van der Waals surface area (Å²) in [4.78, 5) is 0. The van der Waals surface area contributed by atoms with Gasteiger partial charge in [0, 0.05) is 20.2 Å². The van der Waals surface area contributed by atoms with Crippen molar-refractivity contribution in [2.24, 2.45) is 5.73 Å². The second-order valence-corrected chi connectivity index (χ2v) is 4.18. The van der Waals surface area contributed by atoms with Crippen molar-refractivity contribution in [3.05, 3.63) is 25.7 Å². The van der Waals surface area contributed by atoms with Gasteiger partial charge in [-0.2, -0.15) is 0 Å². The van der Waals surface area contributed by atoms with Crippen molar-refractivity contribution in [3.63, 3.8) is 0 Å². The van der Waals surface area contributed by atoms with E-state index < -0.39 is 0 Å². The van der Waals surface area contributed by atoms with Crippen LogP contribution in [0.1, 0.15) is 5.56 Å². The zero-order valence-electron chi connectivity index (χ0n) is 6.60. The molecule has 0 aliphatic heterocycles. The molecule has 0 atom stereocenters. The van der Waals surface area contributed by atoms with Gasteiger partial charge in [0.2, 0.25) is 0 Å². The highest BCUT2D eigenvalue weighted by Gasteiger charge is 2.07. The molecule has 2 nitrogen and oxygen atoms in total. The Morgan fingerprint density at radius 1 is 1.58 bits per heavy atom. The minimum absolute atomic E-state index is 0.501. The van der Waals surface area contributed by atoms with Crippen molar-refractivity contribution >= 4 is 38.5 Å². The van der Waals surface area contributed by atoms with Crippen LogP contribution in [0.2, 0.25) is 0 Å². The molecular formula is C8H9BrINO. The van der Waals surface area contributed by atoms with E-state index in [2.05, 4.69) is 38.5 Å². The maximum atomic E-state index is 5.59. The number of nitrogens with two attached hydrogens (primary N) is 1. The van der Waals surface area contributed by atoms with Crippen LogP contribution in [0.4, 0.5) is 0 Å². The molecule has 0 amide bonds. The van der Waals surface area contributed by atoms with Crippen LogP contribution in [0, 0.1) is 3.57 Å². The summed E-state index contributed by atoms with van der Waals surface area (Å²) in [6, 6.07) is 3.87. The molecule has 0 spiro atoms. The van der Waals surface area contributed by atoms with E-state index in [1.165, 1.54) is 0 Å². The summed E-state index contributed by atoms with van der Waals surface area (Å²) in [5, 5.41) is 0. The highest BCUT2D eigenvalue weighted by molar-refractivity contribution is 14.1. The van der Waals surface area contributed by atoms with Crippen LogP contribution >= 0.6 is 38.5 Å². The molecule has 4 heteroatoms. The van der Waals surface area contributed by atoms with Crippen LogP contribution in [0.15, 0.2) is 16.6 Å². The second kappa shape index (κ2) is 4.43. The van der Waals surface area contributed by atoms with Crippen LogP contribution in [-0.4, -0.2) is 7.11 Å². The minimum Gasteiger partial charge on any atom is -0.496 e. The van der Waals surface area contributed by atoms with Crippen LogP contribution in [-0.2, 0) is 6.54 Å². The van der Waals surface area contributed by atoms with Gasteiger partial charge in [-0.15, -0.1) is 0 Å². The van der Waals surface area contributed by atoms with E-state index in [0.29, 0.717) is 6.54 Å². The molecule has 0 aliphatic carbocycles. The van der Waals surface area contributed by atoms with E-state index in [9.17, 15) is 0 Å². The molecule has 0 saturated heterocycles. The summed E-state index contributed by atoms with van der Waals surface area (Å²) in [6.07, 6.45) is 0. The van der Waals surface area contributed by atoms with E-state index in [1.54, 1.807) is 7.11 Å². The molecule has 66 valence electrons.